The Morgan fingerprint density at radius 2 is 1.89 bits per heavy atom. The molecule has 9 nitrogen and oxygen atoms in total. The summed E-state index contributed by atoms with van der Waals surface area (Å²) in [6.45, 7) is 20.3. The standard InChI is InChI=1S/C36H44FN7O2/c1-25-9-6-10-26-11-7-12-31(33(25)26)41-17-15-29-30(23-41)39-35(46-24-27-14-18-44(27)36(2,3)4)40-34(29)42-19-20-43(28(22-42)21-38-5)32(45)13-8-16-37/h6-13,27-28H,14-24H2,1-4H3/b13-8+/t27?,28-/m0/s1. The van der Waals surface area contributed by atoms with Gasteiger partial charge in [-0.1, -0.05) is 30.3 Å². The number of carbonyl (C=O) groups excluding carboxylic acids is 1. The monoisotopic (exact) mass is 625 g/mol. The van der Waals surface area contributed by atoms with Crippen molar-refractivity contribution in [3.63, 3.8) is 0 Å². The van der Waals surface area contributed by atoms with E-state index in [1.54, 1.807) is 4.90 Å². The fourth-order valence-corrected chi connectivity index (χ4v) is 7.20. The van der Waals surface area contributed by atoms with E-state index in [1.807, 2.05) is 0 Å². The summed E-state index contributed by atoms with van der Waals surface area (Å²) >= 11 is 0. The zero-order valence-electron chi connectivity index (χ0n) is 27.4. The Hall–Kier alpha value is -4.23. The number of ether oxygens (including phenoxy) is 1. The largest absolute Gasteiger partial charge is 0.462 e. The number of amides is 1. The molecule has 2 saturated heterocycles. The number of benzene rings is 2. The summed E-state index contributed by atoms with van der Waals surface area (Å²) in [6.07, 6.45) is 4.34. The molecule has 242 valence electrons. The lowest BCUT2D eigenvalue weighted by Crippen LogP contribution is -2.59. The van der Waals surface area contributed by atoms with Gasteiger partial charge in [-0.05, 0) is 63.6 Å². The predicted octanol–water partition coefficient (Wildman–Crippen LogP) is 5.21. The third-order valence-corrected chi connectivity index (χ3v) is 9.58. The molecule has 2 fully saturated rings. The van der Waals surface area contributed by atoms with Crippen LogP contribution >= 0.6 is 0 Å². The fraction of sp³-hybridized carbons (Fsp3) is 0.500. The molecule has 0 radical (unpaired) electrons. The predicted molar refractivity (Wildman–Crippen MR) is 180 cm³/mol. The number of hydrogen-bond acceptors (Lipinski definition) is 7. The van der Waals surface area contributed by atoms with Gasteiger partial charge in [0, 0.05) is 67.0 Å². The quantitative estimate of drug-likeness (QED) is 0.251. The van der Waals surface area contributed by atoms with Crippen LogP contribution in [0.2, 0.25) is 0 Å². The van der Waals surface area contributed by atoms with Gasteiger partial charge < -0.3 is 24.3 Å². The summed E-state index contributed by atoms with van der Waals surface area (Å²) in [6, 6.07) is 13.3. The lowest BCUT2D eigenvalue weighted by atomic mass is 9.94. The average molecular weight is 626 g/mol. The first-order valence-corrected chi connectivity index (χ1v) is 16.3. The SMILES string of the molecule is [C-]#[N+]C[C@H]1CN(c2nc(OCC3CCN3C(C)(C)C)nc3c2CCN(c2cccc4cccc(C)c24)C3)CCN1C(=O)/C=C/CF. The number of anilines is 2. The van der Waals surface area contributed by atoms with Crippen LogP contribution in [0.5, 0.6) is 6.01 Å². The molecule has 4 heterocycles. The summed E-state index contributed by atoms with van der Waals surface area (Å²) in [5.41, 5.74) is 4.56. The number of rotatable bonds is 8. The second-order valence-corrected chi connectivity index (χ2v) is 13.5. The maximum absolute atomic E-state index is 12.8. The summed E-state index contributed by atoms with van der Waals surface area (Å²) in [5, 5.41) is 2.48. The number of piperazine rings is 1. The van der Waals surface area contributed by atoms with Gasteiger partial charge >= 0.3 is 6.01 Å². The molecule has 1 aromatic heterocycles. The second kappa shape index (κ2) is 13.2. The van der Waals surface area contributed by atoms with Crippen LogP contribution in [0.4, 0.5) is 15.9 Å². The molecule has 2 atom stereocenters. The van der Waals surface area contributed by atoms with Crippen molar-refractivity contribution >= 4 is 28.2 Å². The highest BCUT2D eigenvalue weighted by atomic mass is 19.1. The molecular formula is C36H44FN7O2. The molecule has 0 spiro atoms. The van der Waals surface area contributed by atoms with Gasteiger partial charge in [0.2, 0.25) is 12.5 Å². The highest BCUT2D eigenvalue weighted by Crippen LogP contribution is 2.36. The number of nitrogens with zero attached hydrogens (tertiary/aromatic N) is 7. The Morgan fingerprint density at radius 1 is 1.09 bits per heavy atom. The van der Waals surface area contributed by atoms with E-state index in [-0.39, 0.29) is 24.0 Å². The van der Waals surface area contributed by atoms with E-state index >= 15 is 0 Å². The smallest absolute Gasteiger partial charge is 0.318 e. The van der Waals surface area contributed by atoms with Gasteiger partial charge in [0.05, 0.1) is 12.2 Å². The van der Waals surface area contributed by atoms with E-state index in [4.69, 9.17) is 21.3 Å². The summed E-state index contributed by atoms with van der Waals surface area (Å²) < 4.78 is 19.1. The van der Waals surface area contributed by atoms with Gasteiger partial charge in [0.15, 0.2) is 0 Å². The molecule has 0 aliphatic carbocycles. The van der Waals surface area contributed by atoms with Gasteiger partial charge in [-0.3, -0.25) is 9.69 Å². The van der Waals surface area contributed by atoms with E-state index in [0.29, 0.717) is 44.8 Å². The summed E-state index contributed by atoms with van der Waals surface area (Å²) in [4.78, 5) is 35.2. The van der Waals surface area contributed by atoms with Crippen molar-refractivity contribution < 1.29 is 13.9 Å². The molecule has 6 rings (SSSR count). The minimum Gasteiger partial charge on any atom is -0.462 e. The van der Waals surface area contributed by atoms with E-state index in [0.717, 1.165) is 43.0 Å². The van der Waals surface area contributed by atoms with Crippen molar-refractivity contribution in [3.8, 4) is 6.01 Å². The Bertz CT molecular complexity index is 1660. The number of fused-ring (bicyclic) bond motifs is 2. The Kier molecular flexibility index (Phi) is 9.14. The number of alkyl halides is 1. The first-order chi connectivity index (χ1) is 22.2. The average Bonchev–Trinajstić information content (AvgIpc) is 3.01. The molecule has 46 heavy (non-hydrogen) atoms. The zero-order valence-corrected chi connectivity index (χ0v) is 27.4. The number of aromatic nitrogens is 2. The van der Waals surface area contributed by atoms with Crippen molar-refractivity contribution in [3.05, 3.63) is 76.8 Å². The molecule has 0 N–H and O–H groups in total. The first-order valence-electron chi connectivity index (χ1n) is 16.3. The lowest BCUT2D eigenvalue weighted by molar-refractivity contribution is -0.128. The number of aryl methyl sites for hydroxylation is 1. The summed E-state index contributed by atoms with van der Waals surface area (Å²) in [5.74, 6) is 0.570. The van der Waals surface area contributed by atoms with Crippen LogP contribution in [0.15, 0.2) is 48.6 Å². The molecular weight excluding hydrogens is 581 g/mol. The van der Waals surface area contributed by atoms with Crippen LogP contribution in [0.25, 0.3) is 15.6 Å². The molecule has 2 aromatic carbocycles. The van der Waals surface area contributed by atoms with Crippen LogP contribution in [-0.2, 0) is 17.8 Å². The van der Waals surface area contributed by atoms with Crippen LogP contribution in [-0.4, -0.2) is 95.8 Å². The minimum absolute atomic E-state index is 0.0691. The van der Waals surface area contributed by atoms with Gasteiger partial charge in [-0.2, -0.15) is 9.97 Å². The molecule has 1 unspecified atom stereocenters. The van der Waals surface area contributed by atoms with Crippen molar-refractivity contribution in [1.82, 2.24) is 19.8 Å². The number of hydrogen-bond donors (Lipinski definition) is 0. The molecule has 1 amide bonds. The third kappa shape index (κ3) is 6.38. The molecule has 0 saturated carbocycles. The highest BCUT2D eigenvalue weighted by molar-refractivity contribution is 5.97. The molecule has 0 bridgehead atoms. The van der Waals surface area contributed by atoms with Crippen molar-refractivity contribution in [2.45, 2.75) is 64.7 Å². The Labute approximate surface area is 271 Å². The van der Waals surface area contributed by atoms with Crippen molar-refractivity contribution in [1.29, 1.82) is 0 Å². The fourth-order valence-electron chi connectivity index (χ4n) is 7.20. The van der Waals surface area contributed by atoms with Crippen molar-refractivity contribution in [2.24, 2.45) is 0 Å². The van der Waals surface area contributed by atoms with E-state index in [2.05, 4.69) is 83.6 Å². The number of halogens is 1. The Balaban J connectivity index is 1.32. The van der Waals surface area contributed by atoms with Gasteiger partial charge in [-0.15, -0.1) is 0 Å². The molecule has 10 heteroatoms. The van der Waals surface area contributed by atoms with Crippen LogP contribution < -0.4 is 14.5 Å². The molecule has 3 aromatic rings. The highest BCUT2D eigenvalue weighted by Gasteiger charge is 2.38. The number of carbonyl (C=O) groups is 1. The van der Waals surface area contributed by atoms with Crippen molar-refractivity contribution in [2.75, 3.05) is 62.3 Å². The van der Waals surface area contributed by atoms with Crippen LogP contribution in [0, 0.1) is 13.5 Å². The lowest BCUT2D eigenvalue weighted by Gasteiger charge is -2.49. The maximum Gasteiger partial charge on any atom is 0.318 e. The normalized spacial score (nSPS) is 20.5. The summed E-state index contributed by atoms with van der Waals surface area (Å²) in [7, 11) is 0. The molecule has 3 aliphatic heterocycles. The van der Waals surface area contributed by atoms with Gasteiger partial charge in [-0.25, -0.2) is 11.0 Å². The van der Waals surface area contributed by atoms with Crippen LogP contribution in [0.3, 0.4) is 0 Å². The van der Waals surface area contributed by atoms with Crippen LogP contribution in [0.1, 0.15) is 44.0 Å². The van der Waals surface area contributed by atoms with Gasteiger partial charge in [0.1, 0.15) is 25.1 Å². The first kappa shape index (κ1) is 31.7. The van der Waals surface area contributed by atoms with E-state index in [9.17, 15) is 9.18 Å². The maximum atomic E-state index is 12.8. The Morgan fingerprint density at radius 3 is 2.61 bits per heavy atom. The van der Waals surface area contributed by atoms with Gasteiger partial charge in [0.25, 0.3) is 0 Å². The van der Waals surface area contributed by atoms with E-state index < -0.39 is 6.67 Å². The topological polar surface area (TPSA) is 69.4 Å². The minimum atomic E-state index is -0.696. The molecule has 3 aliphatic rings. The second-order valence-electron chi connectivity index (χ2n) is 13.5. The van der Waals surface area contributed by atoms with E-state index in [1.165, 1.54) is 34.2 Å². The number of likely N-dealkylation sites (tertiary alicyclic amines) is 1. The number of allylic oxidation sites excluding steroid dienone is 1. The zero-order chi connectivity index (χ0) is 32.4. The third-order valence-electron chi connectivity index (χ3n) is 9.58.